The lowest BCUT2D eigenvalue weighted by atomic mass is 10.0. The third-order valence-corrected chi connectivity index (χ3v) is 5.35. The fourth-order valence-corrected chi connectivity index (χ4v) is 3.72. The first-order valence-corrected chi connectivity index (χ1v) is 10.0. The van der Waals surface area contributed by atoms with Crippen LogP contribution in [-0.4, -0.2) is 62.6 Å². The maximum atomic E-state index is 12.2. The zero-order valence-corrected chi connectivity index (χ0v) is 16.9. The van der Waals surface area contributed by atoms with Crippen molar-refractivity contribution in [1.82, 2.24) is 15.1 Å². The lowest BCUT2D eigenvalue weighted by Crippen LogP contribution is -2.47. The molecule has 2 aromatic rings. The van der Waals surface area contributed by atoms with Crippen LogP contribution in [0.5, 0.6) is 5.75 Å². The highest BCUT2D eigenvalue weighted by molar-refractivity contribution is 5.78. The Bertz CT molecular complexity index is 733. The smallest absolute Gasteiger partial charge is 0.224 e. The van der Waals surface area contributed by atoms with E-state index in [0.717, 1.165) is 43.9 Å². The van der Waals surface area contributed by atoms with E-state index in [2.05, 4.69) is 52.5 Å². The van der Waals surface area contributed by atoms with E-state index in [4.69, 9.17) is 4.74 Å². The van der Waals surface area contributed by atoms with Gasteiger partial charge in [-0.3, -0.25) is 9.69 Å². The minimum absolute atomic E-state index is 0.0724. The van der Waals surface area contributed by atoms with E-state index in [1.165, 1.54) is 5.56 Å². The Kier molecular flexibility index (Phi) is 7.46. The molecule has 0 aliphatic carbocycles. The van der Waals surface area contributed by atoms with E-state index in [0.29, 0.717) is 19.0 Å². The Hall–Kier alpha value is -2.37. The number of piperazine rings is 1. The standard InChI is InChI=1S/C23H31N3O2/c1-25-15-16-26(22(18-25)20-7-4-3-5-8-20)14-6-13-24-23(27)17-19-9-11-21(28-2)12-10-19/h3-5,7-12,22H,6,13-18H2,1-2H3,(H,24,27). The average Bonchev–Trinajstić information content (AvgIpc) is 2.73. The molecule has 5 nitrogen and oxygen atoms in total. The van der Waals surface area contributed by atoms with Crippen molar-refractivity contribution in [1.29, 1.82) is 0 Å². The number of likely N-dealkylation sites (N-methyl/N-ethyl adjacent to an activating group) is 1. The number of ether oxygens (including phenoxy) is 1. The third-order valence-electron chi connectivity index (χ3n) is 5.35. The summed E-state index contributed by atoms with van der Waals surface area (Å²) >= 11 is 0. The summed E-state index contributed by atoms with van der Waals surface area (Å²) in [5, 5.41) is 3.06. The highest BCUT2D eigenvalue weighted by Gasteiger charge is 2.25. The maximum Gasteiger partial charge on any atom is 0.224 e. The quantitative estimate of drug-likeness (QED) is 0.714. The van der Waals surface area contributed by atoms with Crippen LogP contribution in [0.25, 0.3) is 0 Å². The molecule has 3 rings (SSSR count). The van der Waals surface area contributed by atoms with Gasteiger partial charge in [0.1, 0.15) is 5.75 Å². The van der Waals surface area contributed by atoms with Crippen LogP contribution < -0.4 is 10.1 Å². The van der Waals surface area contributed by atoms with Gasteiger partial charge in [-0.1, -0.05) is 42.5 Å². The molecule has 5 heteroatoms. The summed E-state index contributed by atoms with van der Waals surface area (Å²) in [6.07, 6.45) is 1.37. The average molecular weight is 382 g/mol. The van der Waals surface area contributed by atoms with Crippen LogP contribution in [0, 0.1) is 0 Å². The number of carbonyl (C=O) groups is 1. The molecular weight excluding hydrogens is 350 g/mol. The summed E-state index contributed by atoms with van der Waals surface area (Å²) in [6, 6.07) is 18.8. The third kappa shape index (κ3) is 5.81. The molecule has 1 unspecified atom stereocenters. The lowest BCUT2D eigenvalue weighted by molar-refractivity contribution is -0.120. The summed E-state index contributed by atoms with van der Waals surface area (Å²) in [4.78, 5) is 17.1. The minimum Gasteiger partial charge on any atom is -0.497 e. The number of hydrogen-bond donors (Lipinski definition) is 1. The van der Waals surface area contributed by atoms with Crippen molar-refractivity contribution >= 4 is 5.91 Å². The number of benzene rings is 2. The van der Waals surface area contributed by atoms with E-state index in [-0.39, 0.29) is 5.91 Å². The zero-order valence-electron chi connectivity index (χ0n) is 16.9. The van der Waals surface area contributed by atoms with Gasteiger partial charge in [-0.25, -0.2) is 0 Å². The number of nitrogens with zero attached hydrogens (tertiary/aromatic N) is 2. The fraction of sp³-hybridized carbons (Fsp3) is 0.435. The van der Waals surface area contributed by atoms with Crippen LogP contribution >= 0.6 is 0 Å². The second kappa shape index (κ2) is 10.2. The molecule has 0 spiro atoms. The summed E-state index contributed by atoms with van der Waals surface area (Å²) in [7, 11) is 3.83. The van der Waals surface area contributed by atoms with Gasteiger partial charge in [0.15, 0.2) is 0 Å². The number of hydrogen-bond acceptors (Lipinski definition) is 4. The molecule has 0 radical (unpaired) electrons. The van der Waals surface area contributed by atoms with Crippen LogP contribution in [-0.2, 0) is 11.2 Å². The van der Waals surface area contributed by atoms with Gasteiger partial charge in [0.05, 0.1) is 13.5 Å². The molecule has 0 aromatic heterocycles. The van der Waals surface area contributed by atoms with Crippen molar-refractivity contribution < 1.29 is 9.53 Å². The van der Waals surface area contributed by atoms with E-state index in [9.17, 15) is 4.79 Å². The minimum atomic E-state index is 0.0724. The van der Waals surface area contributed by atoms with Gasteiger partial charge >= 0.3 is 0 Å². The van der Waals surface area contributed by atoms with Crippen molar-refractivity contribution in [2.75, 3.05) is 46.9 Å². The van der Waals surface area contributed by atoms with Crippen molar-refractivity contribution in [2.24, 2.45) is 0 Å². The van der Waals surface area contributed by atoms with Crippen LogP contribution in [0.2, 0.25) is 0 Å². The van der Waals surface area contributed by atoms with Crippen molar-refractivity contribution in [3.05, 3.63) is 65.7 Å². The topological polar surface area (TPSA) is 44.8 Å². The van der Waals surface area contributed by atoms with Gasteiger partial charge in [0.2, 0.25) is 5.91 Å². The first-order valence-electron chi connectivity index (χ1n) is 10.0. The fourth-order valence-electron chi connectivity index (χ4n) is 3.72. The van der Waals surface area contributed by atoms with Gasteiger partial charge in [-0.05, 0) is 36.7 Å². The Morgan fingerprint density at radius 3 is 2.57 bits per heavy atom. The molecule has 1 heterocycles. The van der Waals surface area contributed by atoms with E-state index < -0.39 is 0 Å². The molecule has 2 aromatic carbocycles. The predicted octanol–water partition coefficient (Wildman–Crippen LogP) is 2.73. The molecule has 1 aliphatic heterocycles. The molecular formula is C23H31N3O2. The number of carbonyl (C=O) groups excluding carboxylic acids is 1. The summed E-state index contributed by atoms with van der Waals surface area (Å²) in [5.74, 6) is 0.882. The van der Waals surface area contributed by atoms with E-state index >= 15 is 0 Å². The Balaban J connectivity index is 1.43. The molecule has 1 saturated heterocycles. The number of amides is 1. The highest BCUT2D eigenvalue weighted by atomic mass is 16.5. The molecule has 1 amide bonds. The molecule has 1 aliphatic rings. The molecule has 28 heavy (non-hydrogen) atoms. The second-order valence-corrected chi connectivity index (χ2v) is 7.45. The van der Waals surface area contributed by atoms with Gasteiger partial charge in [0.25, 0.3) is 0 Å². The number of methoxy groups -OCH3 is 1. The monoisotopic (exact) mass is 381 g/mol. The zero-order chi connectivity index (χ0) is 19.8. The van der Waals surface area contributed by atoms with Crippen molar-refractivity contribution in [2.45, 2.75) is 18.9 Å². The van der Waals surface area contributed by atoms with E-state index in [1.54, 1.807) is 7.11 Å². The maximum absolute atomic E-state index is 12.2. The Morgan fingerprint density at radius 1 is 1.11 bits per heavy atom. The molecule has 0 saturated carbocycles. The predicted molar refractivity (Wildman–Crippen MR) is 113 cm³/mol. The van der Waals surface area contributed by atoms with Crippen LogP contribution in [0.1, 0.15) is 23.6 Å². The van der Waals surface area contributed by atoms with Crippen LogP contribution in [0.3, 0.4) is 0 Å². The SMILES string of the molecule is COc1ccc(CC(=O)NCCCN2CCN(C)CC2c2ccccc2)cc1. The first kappa shape index (κ1) is 20.4. The summed E-state index contributed by atoms with van der Waals surface area (Å²) < 4.78 is 5.15. The summed E-state index contributed by atoms with van der Waals surface area (Å²) in [6.45, 7) is 4.91. The molecule has 1 N–H and O–H groups in total. The largest absolute Gasteiger partial charge is 0.497 e. The van der Waals surface area contributed by atoms with Gasteiger partial charge in [0, 0.05) is 38.8 Å². The Morgan fingerprint density at radius 2 is 1.86 bits per heavy atom. The number of rotatable bonds is 8. The van der Waals surface area contributed by atoms with Crippen LogP contribution in [0.4, 0.5) is 0 Å². The molecule has 0 bridgehead atoms. The second-order valence-electron chi connectivity index (χ2n) is 7.45. The lowest BCUT2D eigenvalue weighted by Gasteiger charge is -2.40. The molecule has 150 valence electrons. The van der Waals surface area contributed by atoms with Gasteiger partial charge in [-0.2, -0.15) is 0 Å². The van der Waals surface area contributed by atoms with Gasteiger partial charge < -0.3 is 15.0 Å². The van der Waals surface area contributed by atoms with Crippen molar-refractivity contribution in [3.63, 3.8) is 0 Å². The normalized spacial score (nSPS) is 18.0. The highest BCUT2D eigenvalue weighted by Crippen LogP contribution is 2.24. The number of nitrogens with one attached hydrogen (secondary N) is 1. The summed E-state index contributed by atoms with van der Waals surface area (Å²) in [5.41, 5.74) is 2.37. The molecule has 1 fully saturated rings. The first-order chi connectivity index (χ1) is 13.7. The van der Waals surface area contributed by atoms with Crippen molar-refractivity contribution in [3.8, 4) is 5.75 Å². The van der Waals surface area contributed by atoms with E-state index in [1.807, 2.05) is 24.3 Å². The molecule has 1 atom stereocenters. The van der Waals surface area contributed by atoms with Gasteiger partial charge in [-0.15, -0.1) is 0 Å². The van der Waals surface area contributed by atoms with Crippen LogP contribution in [0.15, 0.2) is 54.6 Å². The Labute approximate surface area is 168 Å².